The van der Waals surface area contributed by atoms with Gasteiger partial charge < -0.3 is 5.73 Å². The van der Waals surface area contributed by atoms with Gasteiger partial charge in [-0.05, 0) is 41.3 Å². The topological polar surface area (TPSA) is 94.3 Å². The molecule has 0 spiro atoms. The van der Waals surface area contributed by atoms with E-state index in [9.17, 15) is 16.8 Å². The fourth-order valence-corrected chi connectivity index (χ4v) is 5.96. The van der Waals surface area contributed by atoms with Crippen molar-refractivity contribution in [3.05, 3.63) is 40.8 Å². The van der Waals surface area contributed by atoms with Crippen molar-refractivity contribution >= 4 is 31.0 Å². The van der Waals surface area contributed by atoms with E-state index >= 15 is 0 Å². The quantitative estimate of drug-likeness (QED) is 0.830. The van der Waals surface area contributed by atoms with E-state index in [0.717, 1.165) is 16.2 Å². The average molecular weight is 402 g/mol. The van der Waals surface area contributed by atoms with Crippen molar-refractivity contribution < 1.29 is 16.8 Å². The molecule has 0 fully saturated rings. The smallest absolute Gasteiger partial charge is 0.216 e. The highest BCUT2D eigenvalue weighted by molar-refractivity contribution is 7.93. The second-order valence-corrected chi connectivity index (χ2v) is 12.4. The number of rotatable bonds is 5. The molecule has 0 bridgehead atoms. The van der Waals surface area contributed by atoms with Gasteiger partial charge in [-0.15, -0.1) is 11.3 Å². The molecular formula is C17H23NO4S3. The first-order chi connectivity index (χ1) is 11.4. The van der Waals surface area contributed by atoms with E-state index in [1.165, 1.54) is 12.1 Å². The summed E-state index contributed by atoms with van der Waals surface area (Å²) < 4.78 is 50.8. The summed E-state index contributed by atoms with van der Waals surface area (Å²) in [4.78, 5) is 0.793. The molecule has 0 atom stereocenters. The Morgan fingerprint density at radius 2 is 1.60 bits per heavy atom. The summed E-state index contributed by atoms with van der Waals surface area (Å²) in [7, 11) is -7.33. The normalized spacial score (nSPS) is 13.2. The number of hydrogen-bond acceptors (Lipinski definition) is 6. The van der Waals surface area contributed by atoms with Crippen molar-refractivity contribution in [1.29, 1.82) is 0 Å². The van der Waals surface area contributed by atoms with Crippen LogP contribution in [0.25, 0.3) is 0 Å². The molecule has 0 saturated carbocycles. The van der Waals surface area contributed by atoms with Gasteiger partial charge in [0, 0.05) is 11.4 Å². The van der Waals surface area contributed by atoms with Crippen LogP contribution < -0.4 is 5.73 Å². The fraction of sp³-hybridized carbons (Fsp3) is 0.412. The van der Waals surface area contributed by atoms with Gasteiger partial charge in [0.05, 0.1) is 15.5 Å². The molecule has 0 aliphatic heterocycles. The summed E-state index contributed by atoms with van der Waals surface area (Å²) in [5.41, 5.74) is 5.84. The Morgan fingerprint density at radius 3 is 2.08 bits per heavy atom. The zero-order valence-corrected chi connectivity index (χ0v) is 17.2. The summed E-state index contributed by atoms with van der Waals surface area (Å²) in [6.07, 6.45) is 0. The third-order valence-corrected chi connectivity index (χ3v) is 8.95. The summed E-state index contributed by atoms with van der Waals surface area (Å²) in [6.45, 7) is 7.55. The van der Waals surface area contributed by atoms with Crippen LogP contribution in [0.15, 0.2) is 44.3 Å². The Bertz CT molecular complexity index is 981. The lowest BCUT2D eigenvalue weighted by Crippen LogP contribution is -2.15. The number of hydrogen-bond donors (Lipinski definition) is 1. The highest BCUT2D eigenvalue weighted by atomic mass is 32.2. The first-order valence-electron chi connectivity index (χ1n) is 7.84. The molecule has 5 nitrogen and oxygen atoms in total. The second kappa shape index (κ2) is 6.83. The Hall–Kier alpha value is -1.22. The standard InChI is InChI=1S/C17H23NO4S3/c1-5-24(19,20)14-8-12(17(2,3)4)9-15(10-14)25(21,22)16-7-6-13(11-18)23-16/h6-10H,5,11,18H2,1-4H3. The molecule has 2 aromatic rings. The zero-order chi connectivity index (χ0) is 19.0. The van der Waals surface area contributed by atoms with Crippen LogP contribution >= 0.6 is 11.3 Å². The molecule has 8 heteroatoms. The molecule has 0 amide bonds. The highest BCUT2D eigenvalue weighted by Gasteiger charge is 2.26. The summed E-state index contributed by atoms with van der Waals surface area (Å²) in [5.74, 6) is -0.0869. The summed E-state index contributed by atoms with van der Waals surface area (Å²) >= 11 is 1.10. The van der Waals surface area contributed by atoms with Crippen LogP contribution in [0.4, 0.5) is 0 Å². The van der Waals surface area contributed by atoms with Gasteiger partial charge in [0.15, 0.2) is 9.84 Å². The Balaban J connectivity index is 2.74. The number of benzene rings is 1. The molecule has 1 aromatic carbocycles. The van der Waals surface area contributed by atoms with E-state index in [2.05, 4.69) is 0 Å². The molecule has 0 radical (unpaired) electrons. The SMILES string of the molecule is CCS(=O)(=O)c1cc(C(C)(C)C)cc(S(=O)(=O)c2ccc(CN)s2)c1. The highest BCUT2D eigenvalue weighted by Crippen LogP contribution is 2.33. The molecule has 1 aromatic heterocycles. The minimum absolute atomic E-state index is 0.00243. The molecular weight excluding hydrogens is 378 g/mol. The van der Waals surface area contributed by atoms with Crippen LogP contribution in [-0.2, 0) is 31.6 Å². The summed E-state index contributed by atoms with van der Waals surface area (Å²) in [5, 5.41) is 0. The fourth-order valence-electron chi connectivity index (χ4n) is 2.23. The van der Waals surface area contributed by atoms with Gasteiger partial charge >= 0.3 is 0 Å². The zero-order valence-electron chi connectivity index (χ0n) is 14.7. The van der Waals surface area contributed by atoms with E-state index in [1.54, 1.807) is 25.1 Å². The van der Waals surface area contributed by atoms with E-state index in [1.807, 2.05) is 20.8 Å². The van der Waals surface area contributed by atoms with E-state index < -0.39 is 19.7 Å². The van der Waals surface area contributed by atoms with Gasteiger partial charge in [-0.1, -0.05) is 27.7 Å². The van der Waals surface area contributed by atoms with Gasteiger partial charge in [-0.3, -0.25) is 0 Å². The third kappa shape index (κ3) is 4.13. The van der Waals surface area contributed by atoms with Gasteiger partial charge in [-0.25, -0.2) is 16.8 Å². The molecule has 2 rings (SSSR count). The molecule has 25 heavy (non-hydrogen) atoms. The molecule has 138 valence electrons. The van der Waals surface area contributed by atoms with Gasteiger partial charge in [0.2, 0.25) is 9.84 Å². The van der Waals surface area contributed by atoms with Crippen LogP contribution in [-0.4, -0.2) is 22.6 Å². The Kier molecular flexibility index (Phi) is 5.49. The van der Waals surface area contributed by atoms with Gasteiger partial charge in [0.25, 0.3) is 0 Å². The first kappa shape index (κ1) is 20.1. The van der Waals surface area contributed by atoms with Crippen LogP contribution in [0.3, 0.4) is 0 Å². The van der Waals surface area contributed by atoms with E-state index in [4.69, 9.17) is 5.73 Å². The van der Waals surface area contributed by atoms with Crippen molar-refractivity contribution in [2.24, 2.45) is 5.73 Å². The minimum Gasteiger partial charge on any atom is -0.326 e. The largest absolute Gasteiger partial charge is 0.326 e. The number of sulfone groups is 2. The molecule has 2 N–H and O–H groups in total. The first-order valence-corrected chi connectivity index (χ1v) is 11.8. The maximum absolute atomic E-state index is 13.0. The van der Waals surface area contributed by atoms with Crippen molar-refractivity contribution in [2.45, 2.75) is 53.7 Å². The third-order valence-electron chi connectivity index (χ3n) is 3.90. The Labute approximate surface area is 153 Å². The van der Waals surface area contributed by atoms with Crippen LogP contribution in [0.5, 0.6) is 0 Å². The lowest BCUT2D eigenvalue weighted by atomic mass is 9.87. The average Bonchev–Trinajstić information content (AvgIpc) is 3.03. The van der Waals surface area contributed by atoms with Crippen molar-refractivity contribution in [1.82, 2.24) is 0 Å². The predicted octanol–water partition coefficient (Wildman–Crippen LogP) is 3.13. The maximum Gasteiger partial charge on any atom is 0.216 e. The van der Waals surface area contributed by atoms with Crippen LogP contribution in [0.1, 0.15) is 38.1 Å². The molecule has 0 aliphatic rings. The minimum atomic E-state index is -3.80. The molecule has 0 saturated heterocycles. The summed E-state index contributed by atoms with van der Waals surface area (Å²) in [6, 6.07) is 7.57. The molecule has 0 unspecified atom stereocenters. The van der Waals surface area contributed by atoms with Crippen LogP contribution in [0.2, 0.25) is 0 Å². The second-order valence-electron chi connectivity index (χ2n) is 6.77. The molecule has 1 heterocycles. The van der Waals surface area contributed by atoms with Gasteiger partial charge in [0.1, 0.15) is 4.21 Å². The Morgan fingerprint density at radius 1 is 1.00 bits per heavy atom. The maximum atomic E-state index is 13.0. The monoisotopic (exact) mass is 401 g/mol. The molecule has 0 aliphatic carbocycles. The lowest BCUT2D eigenvalue weighted by Gasteiger charge is -2.21. The predicted molar refractivity (Wildman–Crippen MR) is 101 cm³/mol. The van der Waals surface area contributed by atoms with E-state index in [0.29, 0.717) is 5.56 Å². The van der Waals surface area contributed by atoms with Crippen molar-refractivity contribution in [3.63, 3.8) is 0 Å². The van der Waals surface area contributed by atoms with Crippen molar-refractivity contribution in [2.75, 3.05) is 5.75 Å². The number of nitrogens with two attached hydrogens (primary N) is 1. The van der Waals surface area contributed by atoms with Crippen molar-refractivity contribution in [3.8, 4) is 0 Å². The number of thiophene rings is 1. The van der Waals surface area contributed by atoms with Gasteiger partial charge in [-0.2, -0.15) is 0 Å². The lowest BCUT2D eigenvalue weighted by molar-refractivity contribution is 0.578. The van der Waals surface area contributed by atoms with E-state index in [-0.39, 0.29) is 31.7 Å². The van der Waals surface area contributed by atoms with Crippen LogP contribution in [0, 0.1) is 0 Å².